The van der Waals surface area contributed by atoms with Gasteiger partial charge in [0.15, 0.2) is 0 Å². The minimum atomic E-state index is -0.505. The highest BCUT2D eigenvalue weighted by Crippen LogP contribution is 2.19. The molecule has 5 heteroatoms. The van der Waals surface area contributed by atoms with Crippen LogP contribution in [0.15, 0.2) is 71.6 Å². The van der Waals surface area contributed by atoms with Gasteiger partial charge in [-0.1, -0.05) is 18.2 Å². The van der Waals surface area contributed by atoms with Gasteiger partial charge in [0.1, 0.15) is 11.5 Å². The van der Waals surface area contributed by atoms with Crippen LogP contribution in [-0.4, -0.2) is 11.1 Å². The zero-order valence-corrected chi connectivity index (χ0v) is 11.7. The van der Waals surface area contributed by atoms with Crippen molar-refractivity contribution >= 4 is 6.09 Å². The van der Waals surface area contributed by atoms with E-state index in [0.717, 1.165) is 16.9 Å². The number of carbonyl (C=O) groups excluding carboxylic acids is 1. The van der Waals surface area contributed by atoms with Crippen LogP contribution in [0.5, 0.6) is 5.75 Å². The molecule has 22 heavy (non-hydrogen) atoms. The average molecular weight is 294 g/mol. The monoisotopic (exact) mass is 294 g/mol. The van der Waals surface area contributed by atoms with E-state index in [9.17, 15) is 4.79 Å². The molecule has 0 saturated heterocycles. The molecule has 0 aliphatic heterocycles. The van der Waals surface area contributed by atoms with Crippen LogP contribution in [0, 0.1) is 0 Å². The van der Waals surface area contributed by atoms with Crippen molar-refractivity contribution in [1.29, 1.82) is 0 Å². The molecule has 2 heterocycles. The first kappa shape index (κ1) is 13.9. The Kier molecular flexibility index (Phi) is 4.15. The number of carbonyl (C=O) groups is 1. The van der Waals surface area contributed by atoms with Crippen LogP contribution >= 0.6 is 0 Å². The maximum atomic E-state index is 11.7. The highest BCUT2D eigenvalue weighted by molar-refractivity contribution is 5.70. The topological polar surface area (TPSA) is 64.4 Å². The molecule has 0 bridgehead atoms. The van der Waals surface area contributed by atoms with Crippen molar-refractivity contribution in [1.82, 2.24) is 10.3 Å². The summed E-state index contributed by atoms with van der Waals surface area (Å²) in [5.41, 5.74) is 1.72. The molecule has 1 N–H and O–H groups in total. The molecule has 2 aromatic heterocycles. The van der Waals surface area contributed by atoms with Gasteiger partial charge in [-0.25, -0.2) is 4.79 Å². The van der Waals surface area contributed by atoms with E-state index in [2.05, 4.69) is 10.3 Å². The number of para-hydroxylation sites is 1. The second kappa shape index (κ2) is 6.58. The third-order valence-electron chi connectivity index (χ3n) is 2.99. The van der Waals surface area contributed by atoms with Crippen LogP contribution < -0.4 is 10.1 Å². The van der Waals surface area contributed by atoms with Crippen molar-refractivity contribution in [2.24, 2.45) is 0 Å². The Morgan fingerprint density at radius 3 is 2.77 bits per heavy atom. The van der Waals surface area contributed by atoms with Gasteiger partial charge >= 0.3 is 6.09 Å². The minimum Gasteiger partial charge on any atom is -0.464 e. The summed E-state index contributed by atoms with van der Waals surface area (Å²) in [6.07, 6.45) is 4.51. The minimum absolute atomic E-state index is 0.327. The predicted octanol–water partition coefficient (Wildman–Crippen LogP) is 3.63. The molecule has 0 aliphatic rings. The summed E-state index contributed by atoms with van der Waals surface area (Å²) in [5, 5.41) is 2.69. The van der Waals surface area contributed by atoms with Crippen LogP contribution in [0.25, 0.3) is 11.3 Å². The maximum absolute atomic E-state index is 11.7. The standard InChI is InChI=1S/C17H14N2O3/c20-17(22-15-5-2-1-3-6-15)19-11-13-9-14(12-18-10-13)16-7-4-8-21-16/h1-10,12H,11H2,(H,19,20). The highest BCUT2D eigenvalue weighted by Gasteiger charge is 2.06. The van der Waals surface area contributed by atoms with E-state index in [1.807, 2.05) is 24.3 Å². The Labute approximate surface area is 127 Å². The number of rotatable bonds is 4. The molecule has 0 saturated carbocycles. The van der Waals surface area contributed by atoms with Crippen molar-refractivity contribution in [3.8, 4) is 17.1 Å². The highest BCUT2D eigenvalue weighted by atomic mass is 16.6. The lowest BCUT2D eigenvalue weighted by Gasteiger charge is -2.07. The fourth-order valence-electron chi connectivity index (χ4n) is 1.97. The van der Waals surface area contributed by atoms with E-state index in [0.29, 0.717) is 12.3 Å². The Morgan fingerprint density at radius 1 is 1.14 bits per heavy atom. The Hall–Kier alpha value is -3.08. The molecule has 0 radical (unpaired) electrons. The first-order valence-electron chi connectivity index (χ1n) is 6.80. The molecular formula is C17H14N2O3. The molecular weight excluding hydrogens is 280 g/mol. The van der Waals surface area contributed by atoms with E-state index in [4.69, 9.17) is 9.15 Å². The van der Waals surface area contributed by atoms with Crippen LogP contribution in [0.4, 0.5) is 4.79 Å². The number of nitrogens with one attached hydrogen (secondary N) is 1. The SMILES string of the molecule is O=C(NCc1cncc(-c2ccco2)c1)Oc1ccccc1. The lowest BCUT2D eigenvalue weighted by molar-refractivity contribution is 0.200. The van der Waals surface area contributed by atoms with Crippen LogP contribution in [-0.2, 0) is 6.54 Å². The number of nitrogens with zero attached hydrogens (tertiary/aromatic N) is 1. The van der Waals surface area contributed by atoms with Gasteiger partial charge in [0.05, 0.1) is 6.26 Å². The number of furan rings is 1. The summed E-state index contributed by atoms with van der Waals surface area (Å²) in [7, 11) is 0. The number of ether oxygens (including phenoxy) is 1. The summed E-state index contributed by atoms with van der Waals surface area (Å²) >= 11 is 0. The maximum Gasteiger partial charge on any atom is 0.412 e. The van der Waals surface area contributed by atoms with E-state index in [1.165, 1.54) is 0 Å². The summed E-state index contributed by atoms with van der Waals surface area (Å²) in [5.74, 6) is 1.24. The van der Waals surface area contributed by atoms with E-state index in [-0.39, 0.29) is 0 Å². The summed E-state index contributed by atoms with van der Waals surface area (Å²) < 4.78 is 10.5. The summed E-state index contributed by atoms with van der Waals surface area (Å²) in [6, 6.07) is 14.5. The van der Waals surface area contributed by atoms with E-state index < -0.39 is 6.09 Å². The zero-order valence-electron chi connectivity index (χ0n) is 11.7. The summed E-state index contributed by atoms with van der Waals surface area (Å²) in [6.45, 7) is 0.327. The molecule has 3 aromatic rings. The molecule has 1 aromatic carbocycles. The molecule has 110 valence electrons. The molecule has 0 spiro atoms. The smallest absolute Gasteiger partial charge is 0.412 e. The van der Waals surface area contributed by atoms with Crippen LogP contribution in [0.3, 0.4) is 0 Å². The van der Waals surface area contributed by atoms with Crippen molar-refractivity contribution in [2.45, 2.75) is 6.54 Å². The number of amides is 1. The largest absolute Gasteiger partial charge is 0.464 e. The molecule has 0 unspecified atom stereocenters. The van der Waals surface area contributed by atoms with E-state index >= 15 is 0 Å². The molecule has 0 fully saturated rings. The molecule has 0 aliphatic carbocycles. The van der Waals surface area contributed by atoms with Gasteiger partial charge in [0, 0.05) is 24.5 Å². The lowest BCUT2D eigenvalue weighted by atomic mass is 10.1. The fourth-order valence-corrected chi connectivity index (χ4v) is 1.97. The van der Waals surface area contributed by atoms with Gasteiger partial charge in [-0.15, -0.1) is 0 Å². The second-order valence-electron chi connectivity index (χ2n) is 4.62. The van der Waals surface area contributed by atoms with Gasteiger partial charge in [0.2, 0.25) is 0 Å². The van der Waals surface area contributed by atoms with Crippen molar-refractivity contribution < 1.29 is 13.9 Å². The predicted molar refractivity (Wildman–Crippen MR) is 81.2 cm³/mol. The number of hydrogen-bond acceptors (Lipinski definition) is 4. The number of hydrogen-bond donors (Lipinski definition) is 1. The van der Waals surface area contributed by atoms with Gasteiger partial charge in [-0.05, 0) is 35.9 Å². The molecule has 5 nitrogen and oxygen atoms in total. The third kappa shape index (κ3) is 3.52. The number of benzene rings is 1. The normalized spacial score (nSPS) is 10.2. The Morgan fingerprint density at radius 2 is 2.00 bits per heavy atom. The number of pyridine rings is 1. The first-order valence-corrected chi connectivity index (χ1v) is 6.80. The van der Waals surface area contributed by atoms with Crippen LogP contribution in [0.1, 0.15) is 5.56 Å². The Bertz CT molecular complexity index is 740. The fraction of sp³-hybridized carbons (Fsp3) is 0.0588. The van der Waals surface area contributed by atoms with Gasteiger partial charge in [0.25, 0.3) is 0 Å². The first-order chi connectivity index (χ1) is 10.8. The lowest BCUT2D eigenvalue weighted by Crippen LogP contribution is -2.26. The average Bonchev–Trinajstić information content (AvgIpc) is 3.09. The van der Waals surface area contributed by atoms with Gasteiger partial charge in [-0.3, -0.25) is 4.98 Å². The third-order valence-corrected chi connectivity index (χ3v) is 2.99. The molecule has 0 atom stereocenters. The van der Waals surface area contributed by atoms with Crippen molar-refractivity contribution in [3.63, 3.8) is 0 Å². The van der Waals surface area contributed by atoms with Gasteiger partial charge in [-0.2, -0.15) is 0 Å². The second-order valence-corrected chi connectivity index (χ2v) is 4.62. The van der Waals surface area contributed by atoms with Crippen molar-refractivity contribution in [3.05, 3.63) is 72.8 Å². The molecule has 3 rings (SSSR count). The Balaban J connectivity index is 1.60. The van der Waals surface area contributed by atoms with Crippen molar-refractivity contribution in [2.75, 3.05) is 0 Å². The zero-order chi connectivity index (χ0) is 15.2. The van der Waals surface area contributed by atoms with Crippen LogP contribution in [0.2, 0.25) is 0 Å². The van der Waals surface area contributed by atoms with Gasteiger partial charge < -0.3 is 14.5 Å². The quantitative estimate of drug-likeness (QED) is 0.798. The molecule has 1 amide bonds. The van der Waals surface area contributed by atoms with E-state index in [1.54, 1.807) is 42.9 Å². The number of aromatic nitrogens is 1. The summed E-state index contributed by atoms with van der Waals surface area (Å²) in [4.78, 5) is 15.9.